The van der Waals surface area contributed by atoms with Crippen LogP contribution in [0.2, 0.25) is 5.02 Å². The third-order valence-electron chi connectivity index (χ3n) is 5.17. The van der Waals surface area contributed by atoms with E-state index in [0.29, 0.717) is 34.1 Å². The first-order chi connectivity index (χ1) is 15.1. The Morgan fingerprint density at radius 2 is 2.00 bits per heavy atom. The molecule has 0 atom stereocenters. The molecule has 0 bridgehead atoms. The van der Waals surface area contributed by atoms with Gasteiger partial charge in [-0.15, -0.1) is 0 Å². The zero-order valence-corrected chi connectivity index (χ0v) is 17.8. The van der Waals surface area contributed by atoms with E-state index in [4.69, 9.17) is 21.1 Å². The number of rotatable bonds is 6. The molecule has 2 N–H and O–H groups in total. The number of ether oxygens (including phenoxy) is 2. The third kappa shape index (κ3) is 5.44. The topological polar surface area (TPSA) is 79.9 Å². The summed E-state index contributed by atoms with van der Waals surface area (Å²) < 4.78 is 11.1. The van der Waals surface area contributed by atoms with Gasteiger partial charge in [0, 0.05) is 30.2 Å². The standard InChI is InChI=1S/C23H24ClN3O4/c24-18-5-2-1-4-16(18)15-21-23(29)26-19-14-17(6-7-20(19)31-21)22(28)25-8-3-9-27-10-12-30-13-11-27/h1-2,4-7,14-15H,3,8-13H2,(H,25,28)(H,26,29). The van der Waals surface area contributed by atoms with Crippen LogP contribution in [0.3, 0.4) is 0 Å². The Hall–Kier alpha value is -2.87. The molecule has 31 heavy (non-hydrogen) atoms. The van der Waals surface area contributed by atoms with Crippen LogP contribution in [0.25, 0.3) is 6.08 Å². The molecule has 4 rings (SSSR count). The van der Waals surface area contributed by atoms with Crippen molar-refractivity contribution in [2.45, 2.75) is 6.42 Å². The zero-order chi connectivity index (χ0) is 21.6. The average molecular weight is 442 g/mol. The summed E-state index contributed by atoms with van der Waals surface area (Å²) in [4.78, 5) is 27.3. The fourth-order valence-corrected chi connectivity index (χ4v) is 3.66. The number of fused-ring (bicyclic) bond motifs is 1. The van der Waals surface area contributed by atoms with Crippen molar-refractivity contribution in [2.24, 2.45) is 0 Å². The first kappa shape index (κ1) is 21.4. The number of morpholine rings is 1. The third-order valence-corrected chi connectivity index (χ3v) is 5.51. The molecule has 0 spiro atoms. The van der Waals surface area contributed by atoms with E-state index in [1.807, 2.05) is 12.1 Å². The smallest absolute Gasteiger partial charge is 0.291 e. The minimum atomic E-state index is -0.393. The van der Waals surface area contributed by atoms with E-state index in [1.165, 1.54) is 0 Å². The molecule has 2 aliphatic rings. The predicted molar refractivity (Wildman–Crippen MR) is 119 cm³/mol. The van der Waals surface area contributed by atoms with E-state index < -0.39 is 5.91 Å². The van der Waals surface area contributed by atoms with Crippen LogP contribution in [-0.4, -0.2) is 56.1 Å². The van der Waals surface area contributed by atoms with Crippen LogP contribution in [-0.2, 0) is 9.53 Å². The first-order valence-electron chi connectivity index (χ1n) is 10.3. The van der Waals surface area contributed by atoms with Gasteiger partial charge in [0.25, 0.3) is 11.8 Å². The lowest BCUT2D eigenvalue weighted by Gasteiger charge is -2.26. The summed E-state index contributed by atoms with van der Waals surface area (Å²) in [6, 6.07) is 12.2. The summed E-state index contributed by atoms with van der Waals surface area (Å²) >= 11 is 6.16. The Bertz CT molecular complexity index is 1000. The highest BCUT2D eigenvalue weighted by atomic mass is 35.5. The second-order valence-corrected chi connectivity index (χ2v) is 7.77. The van der Waals surface area contributed by atoms with Crippen LogP contribution < -0.4 is 15.4 Å². The summed E-state index contributed by atoms with van der Waals surface area (Å²) in [6.07, 6.45) is 2.46. The Morgan fingerprint density at radius 3 is 2.81 bits per heavy atom. The summed E-state index contributed by atoms with van der Waals surface area (Å²) in [5.41, 5.74) is 1.61. The van der Waals surface area contributed by atoms with Crippen molar-refractivity contribution in [2.75, 3.05) is 44.7 Å². The number of amides is 2. The molecule has 0 aliphatic carbocycles. The van der Waals surface area contributed by atoms with Gasteiger partial charge in [0.1, 0.15) is 0 Å². The molecule has 0 saturated carbocycles. The van der Waals surface area contributed by atoms with Crippen molar-refractivity contribution >= 4 is 35.2 Å². The number of hydrogen-bond donors (Lipinski definition) is 2. The Morgan fingerprint density at radius 1 is 1.19 bits per heavy atom. The summed E-state index contributed by atoms with van der Waals surface area (Å²) in [6.45, 7) is 4.92. The lowest BCUT2D eigenvalue weighted by Crippen LogP contribution is -2.38. The van der Waals surface area contributed by atoms with E-state index in [2.05, 4.69) is 15.5 Å². The minimum absolute atomic E-state index is 0.140. The van der Waals surface area contributed by atoms with Gasteiger partial charge in [0.2, 0.25) is 0 Å². The van der Waals surface area contributed by atoms with Gasteiger partial charge in [-0.2, -0.15) is 0 Å². The molecule has 2 aromatic carbocycles. The van der Waals surface area contributed by atoms with Crippen molar-refractivity contribution in [3.63, 3.8) is 0 Å². The molecule has 0 radical (unpaired) electrons. The molecule has 0 unspecified atom stereocenters. The number of anilines is 1. The summed E-state index contributed by atoms with van der Waals surface area (Å²) in [7, 11) is 0. The minimum Gasteiger partial charge on any atom is -0.449 e. The normalized spacial score (nSPS) is 17.6. The first-order valence-corrected chi connectivity index (χ1v) is 10.7. The molecule has 2 heterocycles. The maximum atomic E-state index is 12.5. The summed E-state index contributed by atoms with van der Waals surface area (Å²) in [5.74, 6) is 0.0367. The van der Waals surface area contributed by atoms with Gasteiger partial charge < -0.3 is 20.1 Å². The maximum Gasteiger partial charge on any atom is 0.291 e. The quantitative estimate of drug-likeness (QED) is 0.531. The molecular formula is C23H24ClN3O4. The van der Waals surface area contributed by atoms with Crippen molar-refractivity contribution in [3.8, 4) is 5.75 Å². The van der Waals surface area contributed by atoms with Gasteiger partial charge >= 0.3 is 0 Å². The number of nitrogens with zero attached hydrogens (tertiary/aromatic N) is 1. The van der Waals surface area contributed by atoms with Crippen LogP contribution in [0.5, 0.6) is 5.75 Å². The Labute approximate surface area is 186 Å². The molecule has 2 amide bonds. The lowest BCUT2D eigenvalue weighted by atomic mass is 10.1. The molecule has 2 aromatic rings. The molecule has 0 aromatic heterocycles. The largest absolute Gasteiger partial charge is 0.449 e. The number of hydrogen-bond acceptors (Lipinski definition) is 5. The van der Waals surface area contributed by atoms with E-state index in [1.54, 1.807) is 36.4 Å². The second-order valence-electron chi connectivity index (χ2n) is 7.36. The number of nitrogens with one attached hydrogen (secondary N) is 2. The van der Waals surface area contributed by atoms with Crippen LogP contribution in [0.1, 0.15) is 22.3 Å². The summed E-state index contributed by atoms with van der Waals surface area (Å²) in [5, 5.41) is 6.24. The van der Waals surface area contributed by atoms with Gasteiger partial charge in [0.15, 0.2) is 11.5 Å². The number of benzene rings is 2. The maximum absolute atomic E-state index is 12.5. The van der Waals surface area contributed by atoms with Crippen molar-refractivity contribution in [1.29, 1.82) is 0 Å². The van der Waals surface area contributed by atoms with E-state index in [0.717, 1.165) is 39.3 Å². The van der Waals surface area contributed by atoms with Gasteiger partial charge in [-0.05, 0) is 48.9 Å². The van der Waals surface area contributed by atoms with Crippen LogP contribution >= 0.6 is 11.6 Å². The van der Waals surface area contributed by atoms with Gasteiger partial charge in [-0.3, -0.25) is 14.5 Å². The van der Waals surface area contributed by atoms with E-state index in [9.17, 15) is 9.59 Å². The molecule has 1 saturated heterocycles. The molecule has 8 heteroatoms. The fourth-order valence-electron chi connectivity index (χ4n) is 3.47. The van der Waals surface area contributed by atoms with E-state index in [-0.39, 0.29) is 11.7 Å². The Balaban J connectivity index is 1.35. The monoisotopic (exact) mass is 441 g/mol. The number of carbonyl (C=O) groups excluding carboxylic acids is 2. The number of halogens is 1. The fraction of sp³-hybridized carbons (Fsp3) is 0.304. The number of carbonyl (C=O) groups is 2. The molecule has 7 nitrogen and oxygen atoms in total. The van der Waals surface area contributed by atoms with E-state index >= 15 is 0 Å². The predicted octanol–water partition coefficient (Wildman–Crippen LogP) is 3.16. The van der Waals surface area contributed by atoms with Gasteiger partial charge in [0.05, 0.1) is 18.9 Å². The van der Waals surface area contributed by atoms with Gasteiger partial charge in [-0.1, -0.05) is 29.8 Å². The average Bonchev–Trinajstić information content (AvgIpc) is 2.79. The van der Waals surface area contributed by atoms with Crippen LogP contribution in [0.15, 0.2) is 48.2 Å². The molecule has 2 aliphatic heterocycles. The molecule has 1 fully saturated rings. The van der Waals surface area contributed by atoms with Crippen molar-refractivity contribution < 1.29 is 19.1 Å². The van der Waals surface area contributed by atoms with Crippen molar-refractivity contribution in [3.05, 3.63) is 64.4 Å². The van der Waals surface area contributed by atoms with Gasteiger partial charge in [-0.25, -0.2) is 0 Å². The second kappa shape index (κ2) is 9.96. The lowest BCUT2D eigenvalue weighted by molar-refractivity contribution is -0.115. The Kier molecular flexibility index (Phi) is 6.86. The molecular weight excluding hydrogens is 418 g/mol. The van der Waals surface area contributed by atoms with Crippen LogP contribution in [0.4, 0.5) is 5.69 Å². The highest BCUT2D eigenvalue weighted by molar-refractivity contribution is 6.32. The molecule has 162 valence electrons. The van der Waals surface area contributed by atoms with Crippen molar-refractivity contribution in [1.82, 2.24) is 10.2 Å². The zero-order valence-electron chi connectivity index (χ0n) is 17.0. The highest BCUT2D eigenvalue weighted by Gasteiger charge is 2.23. The SMILES string of the molecule is O=C1Nc2cc(C(=O)NCCCN3CCOCC3)ccc2OC1=Cc1ccccc1Cl. The highest BCUT2D eigenvalue weighted by Crippen LogP contribution is 2.33. The van der Waals surface area contributed by atoms with Crippen LogP contribution in [0, 0.1) is 0 Å².